The van der Waals surface area contributed by atoms with Crippen LogP contribution < -0.4 is 4.74 Å². The second kappa shape index (κ2) is 8.19. The molecule has 1 aromatic carbocycles. The Morgan fingerprint density at radius 3 is 2.70 bits per heavy atom. The molecule has 5 heteroatoms. The van der Waals surface area contributed by atoms with Crippen LogP contribution in [0.5, 0.6) is 5.75 Å². The van der Waals surface area contributed by atoms with E-state index in [2.05, 4.69) is 0 Å². The van der Waals surface area contributed by atoms with Gasteiger partial charge in [0.25, 0.3) is 5.91 Å². The molecule has 20 heavy (non-hydrogen) atoms. The van der Waals surface area contributed by atoms with Gasteiger partial charge in [-0.3, -0.25) is 9.59 Å². The van der Waals surface area contributed by atoms with Crippen molar-refractivity contribution in [3.05, 3.63) is 29.8 Å². The fourth-order valence-corrected chi connectivity index (χ4v) is 1.58. The molecule has 1 aromatic rings. The van der Waals surface area contributed by atoms with Crippen molar-refractivity contribution in [2.24, 2.45) is 0 Å². The van der Waals surface area contributed by atoms with Crippen LogP contribution in [0.2, 0.25) is 0 Å². The lowest BCUT2D eigenvalue weighted by molar-refractivity contribution is -0.144. The highest BCUT2D eigenvalue weighted by Crippen LogP contribution is 2.12. The predicted molar refractivity (Wildman–Crippen MR) is 75.6 cm³/mol. The number of carbonyl (C=O) groups excluding carboxylic acids is 2. The summed E-state index contributed by atoms with van der Waals surface area (Å²) < 4.78 is 10.2. The molecule has 0 aliphatic carbocycles. The van der Waals surface area contributed by atoms with E-state index in [-0.39, 0.29) is 24.9 Å². The Bertz CT molecular complexity index is 459. The minimum atomic E-state index is -0.299. The van der Waals surface area contributed by atoms with Gasteiger partial charge in [0.05, 0.1) is 13.0 Å². The molecule has 0 radical (unpaired) electrons. The van der Waals surface area contributed by atoms with E-state index in [1.807, 2.05) is 25.1 Å². The van der Waals surface area contributed by atoms with E-state index in [4.69, 9.17) is 9.47 Å². The highest BCUT2D eigenvalue weighted by molar-refractivity contribution is 5.78. The summed E-state index contributed by atoms with van der Waals surface area (Å²) in [7, 11) is 1.64. The van der Waals surface area contributed by atoms with Gasteiger partial charge in [0.1, 0.15) is 5.75 Å². The standard InChI is InChI=1S/C15H21NO4/c1-4-19-15(18)8-9-16(3)14(17)11-20-13-7-5-6-12(2)10-13/h5-7,10H,4,8-9,11H2,1-3H3. The number of ether oxygens (including phenoxy) is 2. The van der Waals surface area contributed by atoms with Gasteiger partial charge in [-0.25, -0.2) is 0 Å². The fraction of sp³-hybridized carbons (Fsp3) is 0.467. The van der Waals surface area contributed by atoms with E-state index in [0.717, 1.165) is 5.56 Å². The summed E-state index contributed by atoms with van der Waals surface area (Å²) in [6.07, 6.45) is 0.195. The predicted octanol–water partition coefficient (Wildman–Crippen LogP) is 1.79. The van der Waals surface area contributed by atoms with Gasteiger partial charge in [-0.15, -0.1) is 0 Å². The Balaban J connectivity index is 2.33. The number of rotatable bonds is 7. The number of amides is 1. The Labute approximate surface area is 119 Å². The van der Waals surface area contributed by atoms with Crippen molar-refractivity contribution >= 4 is 11.9 Å². The van der Waals surface area contributed by atoms with Gasteiger partial charge in [-0.2, -0.15) is 0 Å². The van der Waals surface area contributed by atoms with Crippen LogP contribution in [0.3, 0.4) is 0 Å². The molecule has 0 heterocycles. The summed E-state index contributed by atoms with van der Waals surface area (Å²) in [4.78, 5) is 24.5. The van der Waals surface area contributed by atoms with E-state index < -0.39 is 0 Å². The number of nitrogens with zero attached hydrogens (tertiary/aromatic N) is 1. The molecule has 0 spiro atoms. The van der Waals surface area contributed by atoms with E-state index >= 15 is 0 Å². The lowest BCUT2D eigenvalue weighted by Gasteiger charge is -2.17. The first-order valence-corrected chi connectivity index (χ1v) is 6.62. The Kier molecular flexibility index (Phi) is 6.56. The Hall–Kier alpha value is -2.04. The third-order valence-corrected chi connectivity index (χ3v) is 2.73. The smallest absolute Gasteiger partial charge is 0.307 e. The van der Waals surface area contributed by atoms with Crippen molar-refractivity contribution in [3.8, 4) is 5.75 Å². The fourth-order valence-electron chi connectivity index (χ4n) is 1.58. The number of benzene rings is 1. The first-order chi connectivity index (χ1) is 9.52. The van der Waals surface area contributed by atoms with Crippen molar-refractivity contribution in [3.63, 3.8) is 0 Å². The molecule has 0 bridgehead atoms. The monoisotopic (exact) mass is 279 g/mol. The van der Waals surface area contributed by atoms with Crippen LogP contribution in [0.1, 0.15) is 18.9 Å². The number of hydrogen-bond acceptors (Lipinski definition) is 4. The van der Waals surface area contributed by atoms with E-state index in [0.29, 0.717) is 18.9 Å². The molecule has 110 valence electrons. The van der Waals surface area contributed by atoms with Crippen LogP contribution in [-0.4, -0.2) is 43.6 Å². The zero-order chi connectivity index (χ0) is 15.0. The summed E-state index contributed by atoms with van der Waals surface area (Å²) in [5.74, 6) is 0.194. The van der Waals surface area contributed by atoms with Gasteiger partial charge < -0.3 is 14.4 Å². The Morgan fingerprint density at radius 1 is 1.30 bits per heavy atom. The Morgan fingerprint density at radius 2 is 2.05 bits per heavy atom. The van der Waals surface area contributed by atoms with Gasteiger partial charge in [0.15, 0.2) is 6.61 Å². The molecule has 0 saturated carbocycles. The largest absolute Gasteiger partial charge is 0.484 e. The topological polar surface area (TPSA) is 55.8 Å². The number of esters is 1. The van der Waals surface area contributed by atoms with Crippen molar-refractivity contribution in [1.82, 2.24) is 4.90 Å². The molecule has 5 nitrogen and oxygen atoms in total. The molecule has 0 fully saturated rings. The molecule has 0 saturated heterocycles. The maximum atomic E-state index is 11.8. The molecule has 0 aliphatic rings. The maximum absolute atomic E-state index is 11.8. The normalized spacial score (nSPS) is 9.95. The van der Waals surface area contributed by atoms with Gasteiger partial charge in [0, 0.05) is 13.6 Å². The zero-order valence-electron chi connectivity index (χ0n) is 12.2. The van der Waals surface area contributed by atoms with Crippen molar-refractivity contribution in [2.75, 3.05) is 26.8 Å². The molecular weight excluding hydrogens is 258 g/mol. The molecule has 0 aliphatic heterocycles. The first kappa shape index (κ1) is 16.0. The second-order valence-corrected chi connectivity index (χ2v) is 4.48. The van der Waals surface area contributed by atoms with Gasteiger partial charge in [-0.1, -0.05) is 12.1 Å². The average Bonchev–Trinajstić information content (AvgIpc) is 2.42. The average molecular weight is 279 g/mol. The van der Waals surface area contributed by atoms with E-state index in [9.17, 15) is 9.59 Å². The number of aryl methyl sites for hydroxylation is 1. The van der Waals surface area contributed by atoms with Crippen LogP contribution in [0, 0.1) is 6.92 Å². The first-order valence-electron chi connectivity index (χ1n) is 6.62. The summed E-state index contributed by atoms with van der Waals surface area (Å²) in [5, 5.41) is 0. The van der Waals surface area contributed by atoms with Crippen molar-refractivity contribution in [2.45, 2.75) is 20.3 Å². The van der Waals surface area contributed by atoms with Crippen molar-refractivity contribution < 1.29 is 19.1 Å². The molecule has 0 aromatic heterocycles. The van der Waals surface area contributed by atoms with Gasteiger partial charge >= 0.3 is 5.97 Å². The van der Waals surface area contributed by atoms with Gasteiger partial charge in [-0.05, 0) is 31.5 Å². The lowest BCUT2D eigenvalue weighted by atomic mass is 10.2. The number of likely N-dealkylation sites (N-methyl/N-ethyl adjacent to an activating group) is 1. The summed E-state index contributed by atoms with van der Waals surface area (Å²) >= 11 is 0. The van der Waals surface area contributed by atoms with Crippen LogP contribution in [0.25, 0.3) is 0 Å². The van der Waals surface area contributed by atoms with Crippen LogP contribution in [0.15, 0.2) is 24.3 Å². The minimum Gasteiger partial charge on any atom is -0.484 e. The zero-order valence-corrected chi connectivity index (χ0v) is 12.2. The molecule has 1 rings (SSSR count). The third kappa shape index (κ3) is 5.73. The molecule has 0 unspecified atom stereocenters. The quantitative estimate of drug-likeness (QED) is 0.714. The summed E-state index contributed by atoms with van der Waals surface area (Å²) in [6.45, 7) is 4.35. The lowest BCUT2D eigenvalue weighted by Crippen LogP contribution is -2.33. The SMILES string of the molecule is CCOC(=O)CCN(C)C(=O)COc1cccc(C)c1. The molecule has 0 N–H and O–H groups in total. The maximum Gasteiger partial charge on any atom is 0.307 e. The van der Waals surface area contributed by atoms with Crippen LogP contribution in [0.4, 0.5) is 0 Å². The second-order valence-electron chi connectivity index (χ2n) is 4.48. The van der Waals surface area contributed by atoms with Crippen LogP contribution in [-0.2, 0) is 14.3 Å². The minimum absolute atomic E-state index is 0.0389. The summed E-state index contributed by atoms with van der Waals surface area (Å²) in [6, 6.07) is 7.50. The van der Waals surface area contributed by atoms with E-state index in [1.54, 1.807) is 20.0 Å². The third-order valence-electron chi connectivity index (χ3n) is 2.73. The highest BCUT2D eigenvalue weighted by atomic mass is 16.5. The van der Waals surface area contributed by atoms with Crippen molar-refractivity contribution in [1.29, 1.82) is 0 Å². The summed E-state index contributed by atoms with van der Waals surface area (Å²) in [5.41, 5.74) is 1.07. The van der Waals surface area contributed by atoms with Crippen LogP contribution >= 0.6 is 0 Å². The number of carbonyl (C=O) groups is 2. The number of hydrogen-bond donors (Lipinski definition) is 0. The highest BCUT2D eigenvalue weighted by Gasteiger charge is 2.12. The van der Waals surface area contributed by atoms with Gasteiger partial charge in [0.2, 0.25) is 0 Å². The van der Waals surface area contributed by atoms with E-state index in [1.165, 1.54) is 4.90 Å². The molecular formula is C15H21NO4. The molecule has 0 atom stereocenters. The molecule has 1 amide bonds.